The van der Waals surface area contributed by atoms with E-state index in [0.29, 0.717) is 25.7 Å². The highest BCUT2D eigenvalue weighted by Crippen LogP contribution is 2.80. The van der Waals surface area contributed by atoms with E-state index in [0.717, 1.165) is 6.42 Å². The molecule has 8 aliphatic rings. The van der Waals surface area contributed by atoms with E-state index in [1.54, 1.807) is 6.92 Å². The summed E-state index contributed by atoms with van der Waals surface area (Å²) < 4.78 is 30.1. The van der Waals surface area contributed by atoms with E-state index >= 15 is 0 Å². The van der Waals surface area contributed by atoms with Crippen molar-refractivity contribution in [3.05, 3.63) is 0 Å². The average molecular weight is 845 g/mol. The first-order valence-electron chi connectivity index (χ1n) is 21.6. The van der Waals surface area contributed by atoms with Gasteiger partial charge in [0.25, 0.3) is 0 Å². The summed E-state index contributed by atoms with van der Waals surface area (Å²) in [6.07, 6.45) is -17.5. The van der Waals surface area contributed by atoms with E-state index in [1.807, 2.05) is 0 Å². The summed E-state index contributed by atoms with van der Waals surface area (Å²) in [6.45, 7) is 10.5. The van der Waals surface area contributed by atoms with Crippen molar-refractivity contribution in [2.75, 3.05) is 19.8 Å². The number of fused-ring (bicyclic) bond motifs is 4. The normalized spacial score (nSPS) is 59.1. The van der Waals surface area contributed by atoms with Crippen molar-refractivity contribution in [2.24, 2.45) is 50.2 Å². The first kappa shape index (κ1) is 44.5. The molecule has 0 aromatic rings. The molecule has 5 aliphatic carbocycles. The number of esters is 1. The van der Waals surface area contributed by atoms with E-state index in [4.69, 9.17) is 23.7 Å². The molecule has 1 spiro atoms. The summed E-state index contributed by atoms with van der Waals surface area (Å²) in [6, 6.07) is 0. The molecule has 8 fully saturated rings. The molecule has 338 valence electrons. The molecule has 23 atom stereocenters. The molecule has 0 amide bonds. The van der Waals surface area contributed by atoms with Gasteiger partial charge in [-0.1, -0.05) is 41.5 Å². The number of rotatable bonds is 7. The van der Waals surface area contributed by atoms with Gasteiger partial charge in [-0.2, -0.15) is 0 Å². The quantitative estimate of drug-likeness (QED) is 0.102. The second-order valence-electron chi connectivity index (χ2n) is 21.5. The zero-order valence-electron chi connectivity index (χ0n) is 35.0. The van der Waals surface area contributed by atoms with Gasteiger partial charge in [0.05, 0.1) is 44.2 Å². The summed E-state index contributed by atoms with van der Waals surface area (Å²) in [5.74, 6) is -1.39. The average Bonchev–Trinajstić information content (AvgIpc) is 3.40. The molecule has 17 nitrogen and oxygen atoms in total. The third-order valence-corrected chi connectivity index (χ3v) is 18.4. The van der Waals surface area contributed by atoms with Crippen LogP contribution in [0.1, 0.15) is 92.9 Å². The predicted molar refractivity (Wildman–Crippen MR) is 201 cm³/mol. The Morgan fingerprint density at radius 3 is 1.92 bits per heavy atom. The first-order chi connectivity index (χ1) is 27.5. The second-order valence-corrected chi connectivity index (χ2v) is 21.5. The maximum atomic E-state index is 14.1. The van der Waals surface area contributed by atoms with Crippen LogP contribution in [0.3, 0.4) is 0 Å². The highest BCUT2D eigenvalue weighted by molar-refractivity contribution is 5.83. The fourth-order valence-corrected chi connectivity index (χ4v) is 15.1. The van der Waals surface area contributed by atoms with Gasteiger partial charge < -0.3 is 79.9 Å². The lowest BCUT2D eigenvalue weighted by atomic mass is 9.30. The van der Waals surface area contributed by atoms with Crippen LogP contribution in [0.25, 0.3) is 0 Å². The van der Waals surface area contributed by atoms with Crippen molar-refractivity contribution in [3.8, 4) is 0 Å². The number of hydrogen-bond acceptors (Lipinski definition) is 17. The first-order valence-corrected chi connectivity index (χ1v) is 21.6. The molecular weight excluding hydrogens is 776 g/mol. The molecule has 0 aromatic carbocycles. The van der Waals surface area contributed by atoms with Gasteiger partial charge in [-0.3, -0.25) is 4.79 Å². The van der Waals surface area contributed by atoms with Gasteiger partial charge in [0.2, 0.25) is 0 Å². The van der Waals surface area contributed by atoms with Gasteiger partial charge in [0, 0.05) is 16.7 Å². The van der Waals surface area contributed by atoms with Gasteiger partial charge in [-0.05, 0) is 79.4 Å². The number of ether oxygens (including phenoxy) is 5. The topological polar surface area (TPSA) is 286 Å². The van der Waals surface area contributed by atoms with Crippen molar-refractivity contribution in [3.63, 3.8) is 0 Å². The van der Waals surface area contributed by atoms with Crippen molar-refractivity contribution in [2.45, 2.75) is 184 Å². The van der Waals surface area contributed by atoms with Gasteiger partial charge in [-0.25, -0.2) is 0 Å². The molecule has 2 bridgehead atoms. The fourth-order valence-electron chi connectivity index (χ4n) is 15.1. The van der Waals surface area contributed by atoms with Crippen LogP contribution in [0.15, 0.2) is 0 Å². The number of aliphatic hydroxyl groups excluding tert-OH is 11. The molecule has 3 saturated heterocycles. The Morgan fingerprint density at radius 2 is 1.29 bits per heavy atom. The molecule has 3 heterocycles. The number of hydrogen-bond donors (Lipinski definition) is 11. The monoisotopic (exact) mass is 844 g/mol. The summed E-state index contributed by atoms with van der Waals surface area (Å²) in [5, 5.41) is 122. The second kappa shape index (κ2) is 14.4. The van der Waals surface area contributed by atoms with Crippen LogP contribution in [-0.4, -0.2) is 173 Å². The van der Waals surface area contributed by atoms with Crippen molar-refractivity contribution in [1.29, 1.82) is 0 Å². The molecule has 17 heteroatoms. The van der Waals surface area contributed by atoms with Gasteiger partial charge >= 0.3 is 5.97 Å². The standard InChI is InChI=1S/C42H68O17/c1-36(2)9-10-41-23(13-36)42(59-35(41)54)24(47)11-22-37(3)12-18(46)32(38(4,17-45)21(37)7-8-39(22,5)40(42,6)14-25(41)48)58-34-30(53)31(27(50)20(16-44)56-34)57-33-29(52)28(51)26(49)19(15-43)55-33/h18-34,43-53H,7-17H2,1-6H3/t18-,19+,20+,21+,22+,23+,24-,25+,26+,27+,28-,29+,30?,31-,32-,33-,34-,37-,38-,39+,40-,41+,42+/m0/s1. The number of aliphatic hydroxyl groups is 11. The number of carbonyl (C=O) groups is 1. The van der Waals surface area contributed by atoms with Crippen LogP contribution >= 0.6 is 0 Å². The highest BCUT2D eigenvalue weighted by Gasteiger charge is 2.85. The van der Waals surface area contributed by atoms with Crippen LogP contribution in [0, 0.1) is 50.2 Å². The molecule has 3 aliphatic heterocycles. The Kier molecular flexibility index (Phi) is 10.9. The lowest BCUT2D eigenvalue weighted by molar-refractivity contribution is -0.378. The Balaban J connectivity index is 1.09. The fraction of sp³-hybridized carbons (Fsp3) is 0.976. The minimum Gasteiger partial charge on any atom is -0.455 e. The molecular formula is C42H68O17. The van der Waals surface area contributed by atoms with E-state index in [9.17, 15) is 61.0 Å². The summed E-state index contributed by atoms with van der Waals surface area (Å²) in [4.78, 5) is 14.1. The Morgan fingerprint density at radius 1 is 0.661 bits per heavy atom. The van der Waals surface area contributed by atoms with Crippen molar-refractivity contribution < 1.29 is 84.7 Å². The maximum Gasteiger partial charge on any atom is 0.315 e. The van der Waals surface area contributed by atoms with E-state index < -0.39 is 144 Å². The Bertz CT molecular complexity index is 1620. The van der Waals surface area contributed by atoms with Crippen LogP contribution in [0.4, 0.5) is 0 Å². The van der Waals surface area contributed by atoms with E-state index in [1.165, 1.54) is 0 Å². The third kappa shape index (κ3) is 5.73. The highest BCUT2D eigenvalue weighted by atomic mass is 16.7. The van der Waals surface area contributed by atoms with Crippen LogP contribution < -0.4 is 0 Å². The molecule has 5 saturated carbocycles. The molecule has 1 unspecified atom stereocenters. The summed E-state index contributed by atoms with van der Waals surface area (Å²) >= 11 is 0. The lowest BCUT2D eigenvalue weighted by Gasteiger charge is -2.75. The van der Waals surface area contributed by atoms with Gasteiger partial charge in [0.15, 0.2) is 12.6 Å². The smallest absolute Gasteiger partial charge is 0.315 e. The largest absolute Gasteiger partial charge is 0.455 e. The molecule has 0 radical (unpaired) electrons. The van der Waals surface area contributed by atoms with E-state index in [-0.39, 0.29) is 42.4 Å². The lowest BCUT2D eigenvalue weighted by Crippen LogP contribution is -2.78. The molecule has 11 N–H and O–H groups in total. The Labute approximate surface area is 344 Å². The van der Waals surface area contributed by atoms with Crippen LogP contribution in [0.2, 0.25) is 0 Å². The maximum absolute atomic E-state index is 14.1. The minimum atomic E-state index is -1.86. The van der Waals surface area contributed by atoms with Gasteiger partial charge in [0.1, 0.15) is 59.8 Å². The predicted octanol–water partition coefficient (Wildman–Crippen LogP) is -1.56. The van der Waals surface area contributed by atoms with Crippen molar-refractivity contribution in [1.82, 2.24) is 0 Å². The molecule has 8 rings (SSSR count). The van der Waals surface area contributed by atoms with Crippen LogP contribution in [-0.2, 0) is 28.5 Å². The molecule has 59 heavy (non-hydrogen) atoms. The molecule has 0 aromatic heterocycles. The van der Waals surface area contributed by atoms with Crippen LogP contribution in [0.5, 0.6) is 0 Å². The zero-order chi connectivity index (χ0) is 43.2. The SMILES string of the molecule is CC1(C)CC[C@@]23C(=O)O[C@]4([C@@H]2C1)[C@@H](O)C[C@@H]1[C@@]2(C)C[C@H](O)[C@H](O[C@@H]5O[C@H](CO)[C@@H](O)[C@H](O[C@@H]6O[C@H](CO)[C@@H](O)[C@H](O)[C@H]6O)C5O)[C@@](C)(CO)[C@@H]2CC[C@@]1(C)[C@]4(C)C[C@H]3O. The van der Waals surface area contributed by atoms with E-state index in [2.05, 4.69) is 34.6 Å². The Hall–Kier alpha value is -1.13. The zero-order valence-corrected chi connectivity index (χ0v) is 35.0. The van der Waals surface area contributed by atoms with Crippen molar-refractivity contribution >= 4 is 5.97 Å². The number of carbonyl (C=O) groups excluding carboxylic acids is 1. The van der Waals surface area contributed by atoms with Gasteiger partial charge in [-0.15, -0.1) is 0 Å². The minimum absolute atomic E-state index is 0.128. The third-order valence-electron chi connectivity index (χ3n) is 18.4. The summed E-state index contributed by atoms with van der Waals surface area (Å²) in [5.41, 5.74) is -5.78. The summed E-state index contributed by atoms with van der Waals surface area (Å²) in [7, 11) is 0.